The second-order valence-electron chi connectivity index (χ2n) is 7.72. The van der Waals surface area contributed by atoms with Crippen molar-refractivity contribution in [3.05, 3.63) is 100 Å². The third kappa shape index (κ3) is 3.18. The van der Waals surface area contributed by atoms with Crippen molar-refractivity contribution in [3.63, 3.8) is 0 Å². The molecule has 1 aliphatic carbocycles. The molecule has 0 spiro atoms. The number of H-pyrrole nitrogens is 1. The highest BCUT2D eigenvalue weighted by atomic mass is 35.5. The minimum atomic E-state index is -0.366. The molecule has 5 aromatic rings. The van der Waals surface area contributed by atoms with Crippen LogP contribution in [-0.4, -0.2) is 25.8 Å². The number of benzene rings is 2. The van der Waals surface area contributed by atoms with Crippen LogP contribution in [0.25, 0.3) is 33.5 Å². The molecular weight excluding hydrogens is 457 g/mol. The first-order valence-electron chi connectivity index (χ1n) is 10.2. The van der Waals surface area contributed by atoms with Gasteiger partial charge in [0.2, 0.25) is 0 Å². The summed E-state index contributed by atoms with van der Waals surface area (Å²) in [5.41, 5.74) is 6.90. The van der Waals surface area contributed by atoms with Crippen LogP contribution in [-0.2, 0) is 0 Å². The Bertz CT molecular complexity index is 1510. The molecule has 0 fully saturated rings. The summed E-state index contributed by atoms with van der Waals surface area (Å²) < 4.78 is 0. The maximum Gasteiger partial charge on any atom is 0.255 e. The lowest BCUT2D eigenvalue weighted by Gasteiger charge is -2.17. The van der Waals surface area contributed by atoms with Gasteiger partial charge in [-0.1, -0.05) is 65.7 Å². The quantitative estimate of drug-likeness (QED) is 0.346. The predicted molar refractivity (Wildman–Crippen MR) is 128 cm³/mol. The molecule has 0 unspecified atom stereocenters. The zero-order valence-corrected chi connectivity index (χ0v) is 18.5. The molecule has 1 atom stereocenters. The highest BCUT2D eigenvalue weighted by Gasteiger charge is 2.33. The lowest BCUT2D eigenvalue weighted by Crippen LogP contribution is -2.28. The standard InChI is InChI=1S/C25H15Cl2N5O/c26-17-10-29-11-18(27)22(17)25(33)32-23-14-5-2-1-4-13(14)21-15(23)6-3-7-16(21)24-30-19-8-9-28-12-20(19)31-24/h1-12,23H,(H,30,31)(H,32,33)/t23-/m1/s1. The van der Waals surface area contributed by atoms with E-state index in [4.69, 9.17) is 28.2 Å². The molecule has 2 N–H and O–H groups in total. The summed E-state index contributed by atoms with van der Waals surface area (Å²) in [6, 6.07) is 15.5. The average molecular weight is 472 g/mol. The van der Waals surface area contributed by atoms with Gasteiger partial charge in [0.25, 0.3) is 5.91 Å². The average Bonchev–Trinajstić information content (AvgIpc) is 3.39. The van der Waals surface area contributed by atoms with Gasteiger partial charge in [-0.3, -0.25) is 14.8 Å². The van der Waals surface area contributed by atoms with E-state index in [0.717, 1.165) is 44.7 Å². The predicted octanol–water partition coefficient (Wildman–Crippen LogP) is 5.83. The number of halogens is 2. The number of hydrogen-bond acceptors (Lipinski definition) is 4. The number of imidazole rings is 1. The lowest BCUT2D eigenvalue weighted by molar-refractivity contribution is 0.0944. The van der Waals surface area contributed by atoms with Gasteiger partial charge in [0.15, 0.2) is 0 Å². The second kappa shape index (κ2) is 7.69. The van der Waals surface area contributed by atoms with E-state index in [1.165, 1.54) is 12.4 Å². The van der Waals surface area contributed by atoms with Crippen molar-refractivity contribution < 1.29 is 4.79 Å². The number of pyridine rings is 2. The van der Waals surface area contributed by atoms with Crippen LogP contribution in [0.3, 0.4) is 0 Å². The number of fused-ring (bicyclic) bond motifs is 4. The minimum absolute atomic E-state index is 0.205. The van der Waals surface area contributed by atoms with Gasteiger partial charge in [0.1, 0.15) is 5.82 Å². The summed E-state index contributed by atoms with van der Waals surface area (Å²) in [5.74, 6) is 0.386. The largest absolute Gasteiger partial charge is 0.341 e. The van der Waals surface area contributed by atoms with Gasteiger partial charge in [0.05, 0.1) is 38.9 Å². The molecule has 3 aromatic heterocycles. The van der Waals surface area contributed by atoms with Crippen LogP contribution in [0.5, 0.6) is 0 Å². The molecular formula is C25H15Cl2N5O. The van der Waals surface area contributed by atoms with Crippen LogP contribution < -0.4 is 5.32 Å². The van der Waals surface area contributed by atoms with Crippen LogP contribution in [0.15, 0.2) is 73.3 Å². The molecule has 1 amide bonds. The van der Waals surface area contributed by atoms with Crippen molar-refractivity contribution in [1.29, 1.82) is 0 Å². The molecule has 6 rings (SSSR count). The van der Waals surface area contributed by atoms with Crippen molar-refractivity contribution in [2.24, 2.45) is 0 Å². The Hall–Kier alpha value is -3.74. The summed E-state index contributed by atoms with van der Waals surface area (Å²) in [6.07, 6.45) is 6.30. The zero-order chi connectivity index (χ0) is 22.5. The Morgan fingerprint density at radius 2 is 1.64 bits per heavy atom. The number of carbonyl (C=O) groups is 1. The van der Waals surface area contributed by atoms with Gasteiger partial charge in [-0.15, -0.1) is 0 Å². The number of aromatic amines is 1. The second-order valence-corrected chi connectivity index (χ2v) is 8.53. The van der Waals surface area contributed by atoms with Gasteiger partial charge in [-0.25, -0.2) is 4.98 Å². The Kier molecular flexibility index (Phi) is 4.64. The van der Waals surface area contributed by atoms with E-state index < -0.39 is 0 Å². The number of nitrogens with one attached hydrogen (secondary N) is 2. The lowest BCUT2D eigenvalue weighted by atomic mass is 9.98. The topological polar surface area (TPSA) is 83.6 Å². The minimum Gasteiger partial charge on any atom is -0.341 e. The van der Waals surface area contributed by atoms with Crippen molar-refractivity contribution in [3.8, 4) is 22.5 Å². The summed E-state index contributed by atoms with van der Waals surface area (Å²) in [6.45, 7) is 0. The van der Waals surface area contributed by atoms with E-state index in [1.807, 2.05) is 42.5 Å². The molecule has 8 heteroatoms. The Morgan fingerprint density at radius 1 is 0.879 bits per heavy atom. The van der Waals surface area contributed by atoms with Crippen LogP contribution in [0, 0.1) is 0 Å². The van der Waals surface area contributed by atoms with Gasteiger partial charge >= 0.3 is 0 Å². The first kappa shape index (κ1) is 19.9. The van der Waals surface area contributed by atoms with Crippen LogP contribution in [0.1, 0.15) is 27.5 Å². The summed E-state index contributed by atoms with van der Waals surface area (Å²) in [4.78, 5) is 29.4. The monoisotopic (exact) mass is 471 g/mol. The molecule has 160 valence electrons. The smallest absolute Gasteiger partial charge is 0.255 e. The van der Waals surface area contributed by atoms with Crippen LogP contribution in [0.2, 0.25) is 10.0 Å². The van der Waals surface area contributed by atoms with Crippen LogP contribution in [0.4, 0.5) is 0 Å². The molecule has 0 radical (unpaired) electrons. The zero-order valence-electron chi connectivity index (χ0n) is 17.0. The van der Waals surface area contributed by atoms with E-state index in [-0.39, 0.29) is 27.6 Å². The fraction of sp³-hybridized carbons (Fsp3) is 0.0400. The maximum absolute atomic E-state index is 13.2. The first-order valence-corrected chi connectivity index (χ1v) is 11.0. The molecule has 1 aliphatic rings. The Morgan fingerprint density at radius 3 is 2.45 bits per heavy atom. The number of hydrogen-bond donors (Lipinski definition) is 2. The molecule has 2 aromatic carbocycles. The van der Waals surface area contributed by atoms with Crippen LogP contribution >= 0.6 is 23.2 Å². The molecule has 3 heterocycles. The number of aromatic nitrogens is 4. The number of nitrogens with zero attached hydrogens (tertiary/aromatic N) is 3. The normalized spacial score (nSPS) is 14.2. The SMILES string of the molecule is O=C(N[C@@H]1c2ccccc2-c2c(-c3nc4ccncc4[nH]3)cccc21)c1c(Cl)cncc1Cl. The van der Waals surface area contributed by atoms with Crippen molar-refractivity contribution in [2.75, 3.05) is 0 Å². The highest BCUT2D eigenvalue weighted by Crippen LogP contribution is 2.47. The maximum atomic E-state index is 13.2. The van der Waals surface area contributed by atoms with Crippen molar-refractivity contribution in [1.82, 2.24) is 25.3 Å². The third-order valence-electron chi connectivity index (χ3n) is 5.84. The molecule has 0 saturated heterocycles. The molecule has 33 heavy (non-hydrogen) atoms. The summed E-state index contributed by atoms with van der Waals surface area (Å²) >= 11 is 12.5. The number of carbonyl (C=O) groups excluding carboxylic acids is 1. The van der Waals surface area contributed by atoms with Gasteiger partial charge in [-0.05, 0) is 28.3 Å². The van der Waals surface area contributed by atoms with Gasteiger partial charge < -0.3 is 10.3 Å². The molecule has 6 nitrogen and oxygen atoms in total. The van der Waals surface area contributed by atoms with Crippen molar-refractivity contribution >= 4 is 40.1 Å². The van der Waals surface area contributed by atoms with E-state index in [2.05, 4.69) is 26.3 Å². The third-order valence-corrected chi connectivity index (χ3v) is 6.42. The van der Waals surface area contributed by atoms with E-state index >= 15 is 0 Å². The van der Waals surface area contributed by atoms with Gasteiger partial charge in [-0.2, -0.15) is 0 Å². The summed E-state index contributed by atoms with van der Waals surface area (Å²) in [5, 5.41) is 3.53. The molecule has 0 saturated carbocycles. The van der Waals surface area contributed by atoms with E-state index in [1.54, 1.807) is 12.4 Å². The van der Waals surface area contributed by atoms with Crippen molar-refractivity contribution in [2.45, 2.75) is 6.04 Å². The fourth-order valence-electron chi connectivity index (χ4n) is 4.42. The number of rotatable bonds is 3. The molecule has 0 bridgehead atoms. The Balaban J connectivity index is 1.49. The van der Waals surface area contributed by atoms with E-state index in [0.29, 0.717) is 0 Å². The number of amides is 1. The first-order chi connectivity index (χ1) is 16.1. The summed E-state index contributed by atoms with van der Waals surface area (Å²) in [7, 11) is 0. The molecule has 0 aliphatic heterocycles. The highest BCUT2D eigenvalue weighted by molar-refractivity contribution is 6.39. The van der Waals surface area contributed by atoms with Gasteiger partial charge in [0, 0.05) is 24.2 Å². The Labute approximate surface area is 198 Å². The van der Waals surface area contributed by atoms with E-state index in [9.17, 15) is 4.79 Å². The fourth-order valence-corrected chi connectivity index (χ4v) is 4.96.